The molecule has 0 N–H and O–H groups in total. The quantitative estimate of drug-likeness (QED) is 0.0758. The van der Waals surface area contributed by atoms with Gasteiger partial charge in [-0.15, -0.1) is 0 Å². The molecule has 8 aromatic carbocycles. The van der Waals surface area contributed by atoms with Crippen molar-refractivity contribution in [2.24, 2.45) is 7.05 Å². The molecule has 0 spiro atoms. The van der Waals surface area contributed by atoms with Gasteiger partial charge in [0.2, 0.25) is 11.4 Å². The third kappa shape index (κ3) is 7.97. The van der Waals surface area contributed by atoms with E-state index in [0.29, 0.717) is 5.56 Å². The van der Waals surface area contributed by atoms with E-state index in [1.807, 2.05) is 6.92 Å². The number of hydrogen-bond acceptors (Lipinski definition) is 0. The van der Waals surface area contributed by atoms with Crippen LogP contribution in [0.4, 0.5) is 4.39 Å². The zero-order valence-corrected chi connectivity index (χ0v) is 44.5. The summed E-state index contributed by atoms with van der Waals surface area (Å²) in [5.74, 6) is -0.219. The summed E-state index contributed by atoms with van der Waals surface area (Å²) in [6.45, 7) is 12.1. The predicted molar refractivity (Wildman–Crippen MR) is 309 cm³/mol. The Morgan fingerprint density at radius 1 is 0.453 bits per heavy atom. The number of pyridine rings is 2. The van der Waals surface area contributed by atoms with Crippen LogP contribution in [0.3, 0.4) is 0 Å². The highest BCUT2D eigenvalue weighted by atomic mass is 19.1. The smallest absolute Gasteiger partial charge is 0.206 e. The molecule has 10 aromatic rings. The molecule has 2 heterocycles. The van der Waals surface area contributed by atoms with Gasteiger partial charge in [-0.05, 0) is 158 Å². The molecular weight excluding hydrogens is 912 g/mol. The van der Waals surface area contributed by atoms with Crippen LogP contribution in [0, 0.1) is 19.7 Å². The highest BCUT2D eigenvalue weighted by Gasteiger charge is 2.49. The Balaban J connectivity index is 1.03. The molecule has 0 amide bonds. The summed E-state index contributed by atoms with van der Waals surface area (Å²) in [7, 11) is 2.08. The Morgan fingerprint density at radius 2 is 1.08 bits per heavy atom. The van der Waals surface area contributed by atoms with Crippen molar-refractivity contribution >= 4 is 10.8 Å². The first-order valence-corrected chi connectivity index (χ1v) is 27.5. The van der Waals surface area contributed by atoms with Gasteiger partial charge < -0.3 is 0 Å². The molecule has 0 bridgehead atoms. The Morgan fingerprint density at radius 3 is 1.84 bits per heavy atom. The van der Waals surface area contributed by atoms with Gasteiger partial charge in [-0.25, -0.2) is 8.96 Å². The average Bonchev–Trinajstić information content (AvgIpc) is 3.91. The van der Waals surface area contributed by atoms with E-state index in [1.165, 1.54) is 117 Å². The number of aromatic nitrogens is 2. The van der Waals surface area contributed by atoms with Gasteiger partial charge >= 0.3 is 0 Å². The summed E-state index contributed by atoms with van der Waals surface area (Å²) in [5, 5.41) is 2.30. The third-order valence-electron chi connectivity index (χ3n) is 17.3. The molecule has 0 saturated carbocycles. The van der Waals surface area contributed by atoms with Gasteiger partial charge in [-0.1, -0.05) is 180 Å². The van der Waals surface area contributed by atoms with E-state index < -0.39 is 5.41 Å². The first-order valence-electron chi connectivity index (χ1n) is 27.5. The molecule has 0 saturated heterocycles. The maximum Gasteiger partial charge on any atom is 0.220 e. The van der Waals surface area contributed by atoms with Gasteiger partial charge in [0.1, 0.15) is 19.4 Å². The van der Waals surface area contributed by atoms with Crippen molar-refractivity contribution in [2.75, 3.05) is 0 Å². The van der Waals surface area contributed by atoms with Crippen LogP contribution in [-0.4, -0.2) is 0 Å². The highest BCUT2D eigenvalue weighted by molar-refractivity contribution is 5.95. The molecule has 0 aliphatic heterocycles. The fraction of sp³-hybridized carbons (Fsp3) is 0.222. The van der Waals surface area contributed by atoms with Crippen molar-refractivity contribution in [2.45, 2.75) is 96.9 Å². The van der Waals surface area contributed by atoms with Crippen LogP contribution in [0.5, 0.6) is 0 Å². The molecule has 370 valence electrons. The van der Waals surface area contributed by atoms with E-state index in [2.05, 4.69) is 238 Å². The molecule has 2 aliphatic carbocycles. The van der Waals surface area contributed by atoms with Crippen LogP contribution in [0.25, 0.3) is 77.8 Å². The average molecular weight is 979 g/mol. The van der Waals surface area contributed by atoms with Crippen LogP contribution in [-0.2, 0) is 24.4 Å². The van der Waals surface area contributed by atoms with Gasteiger partial charge in [-0.3, -0.25) is 0 Å². The zero-order chi connectivity index (χ0) is 51.4. The second kappa shape index (κ2) is 19.5. The summed E-state index contributed by atoms with van der Waals surface area (Å²) in [4.78, 5) is 0. The molecule has 2 nitrogen and oxygen atoms in total. The zero-order valence-electron chi connectivity index (χ0n) is 44.5. The lowest BCUT2D eigenvalue weighted by Gasteiger charge is -2.35. The van der Waals surface area contributed by atoms with Crippen LogP contribution < -0.4 is 9.13 Å². The Labute approximate surface area is 443 Å². The molecule has 75 heavy (non-hydrogen) atoms. The molecule has 2 aliphatic rings. The lowest BCUT2D eigenvalue weighted by atomic mass is 9.67. The van der Waals surface area contributed by atoms with E-state index >= 15 is 4.39 Å². The lowest BCUT2D eigenvalue weighted by molar-refractivity contribution is -0.682. The van der Waals surface area contributed by atoms with E-state index in [4.69, 9.17) is 0 Å². The SMILES string of the molecule is CCCCCCCCC1(C)c2ccccc2-c2cc3c(cc21)-c1ccccc1C3(c1ccc(-c2ccc(C)c(-c3cccc[n+]3CC)c2)cc1)c1ccc(-c2cc(-c3c4ccccc4cc[n+]3C)c(C)cc2F)cc1. The number of rotatable bonds is 14. The third-order valence-corrected chi connectivity index (χ3v) is 17.3. The highest BCUT2D eigenvalue weighted by Crippen LogP contribution is 2.61. The van der Waals surface area contributed by atoms with Gasteiger partial charge in [0.25, 0.3) is 0 Å². The van der Waals surface area contributed by atoms with Crippen molar-refractivity contribution in [3.8, 4) is 67.0 Å². The molecule has 0 radical (unpaired) electrons. The maximum atomic E-state index is 16.6. The molecule has 2 atom stereocenters. The summed E-state index contributed by atoms with van der Waals surface area (Å²) in [6, 6.07) is 69.5. The molecule has 2 unspecified atom stereocenters. The minimum atomic E-state index is -0.673. The number of hydrogen-bond donors (Lipinski definition) is 0. The largest absolute Gasteiger partial charge is 0.220 e. The number of fused-ring (bicyclic) bond motifs is 7. The number of aryl methyl sites for hydroxylation is 4. The lowest BCUT2D eigenvalue weighted by Crippen LogP contribution is -2.34. The minimum absolute atomic E-state index is 0.0989. The standard InChI is InChI=1S/C72H67FN2/c1-7-9-10-11-12-20-40-71(5)64-26-17-15-24-57(64)62-47-67-63(46-66(62)71)58-25-16-18-27-65(58)72(67,54-35-31-50(32-36-54)53-30-29-48(3)59(44-53)69-28-19-21-41-75(69)8-2)55-37-33-52(34-38-55)61-45-60(49(4)43-68(61)73)70-56-23-14-13-22-51(56)39-42-74(70)6/h13-19,21-39,41-47H,7-12,20,40H2,1-6H3/q+2. The normalized spacial score (nSPS) is 16.2. The van der Waals surface area contributed by atoms with Crippen LogP contribution in [0.15, 0.2) is 200 Å². The minimum Gasteiger partial charge on any atom is -0.206 e. The summed E-state index contributed by atoms with van der Waals surface area (Å²) in [6.07, 6.45) is 13.1. The van der Waals surface area contributed by atoms with Gasteiger partial charge in [-0.2, -0.15) is 4.57 Å². The van der Waals surface area contributed by atoms with Crippen molar-refractivity contribution in [3.05, 3.63) is 251 Å². The fourth-order valence-electron chi connectivity index (χ4n) is 13.3. The molecule has 2 aromatic heterocycles. The first-order chi connectivity index (χ1) is 36.6. The number of benzene rings is 8. The second-order valence-corrected chi connectivity index (χ2v) is 21.7. The molecule has 12 rings (SSSR count). The van der Waals surface area contributed by atoms with E-state index in [9.17, 15) is 0 Å². The van der Waals surface area contributed by atoms with Gasteiger partial charge in [0.05, 0.1) is 16.4 Å². The summed E-state index contributed by atoms with van der Waals surface area (Å²) in [5.41, 5.74) is 22.8. The first kappa shape index (κ1) is 48.2. The van der Waals surface area contributed by atoms with Gasteiger partial charge in [0.15, 0.2) is 12.4 Å². The Bertz CT molecular complexity index is 3810. The van der Waals surface area contributed by atoms with Crippen LogP contribution in [0.1, 0.15) is 110 Å². The Kier molecular flexibility index (Phi) is 12.5. The number of halogens is 1. The molecular formula is C72H67FN2+2. The number of unbranched alkanes of at least 4 members (excludes halogenated alkanes) is 5. The Hall–Kier alpha value is -7.75. The van der Waals surface area contributed by atoms with Gasteiger partial charge in [0, 0.05) is 34.7 Å². The fourth-order valence-corrected chi connectivity index (χ4v) is 13.3. The number of nitrogens with zero attached hydrogens (tertiary/aromatic N) is 2. The predicted octanol–water partition coefficient (Wildman–Crippen LogP) is 17.8. The summed E-state index contributed by atoms with van der Waals surface area (Å²) < 4.78 is 21.1. The molecule has 3 heteroatoms. The van der Waals surface area contributed by atoms with Crippen LogP contribution >= 0.6 is 0 Å². The maximum absolute atomic E-state index is 16.6. The van der Waals surface area contributed by atoms with Crippen molar-refractivity contribution in [3.63, 3.8) is 0 Å². The van der Waals surface area contributed by atoms with E-state index in [1.54, 1.807) is 6.07 Å². The van der Waals surface area contributed by atoms with Crippen molar-refractivity contribution in [1.82, 2.24) is 0 Å². The summed E-state index contributed by atoms with van der Waals surface area (Å²) >= 11 is 0. The second-order valence-electron chi connectivity index (χ2n) is 21.7. The van der Waals surface area contributed by atoms with Crippen molar-refractivity contribution < 1.29 is 13.5 Å². The molecule has 0 fully saturated rings. The topological polar surface area (TPSA) is 7.76 Å². The monoisotopic (exact) mass is 979 g/mol. The van der Waals surface area contributed by atoms with E-state index in [0.717, 1.165) is 51.7 Å². The van der Waals surface area contributed by atoms with E-state index in [-0.39, 0.29) is 11.2 Å². The van der Waals surface area contributed by atoms with Crippen molar-refractivity contribution in [1.29, 1.82) is 0 Å². The van der Waals surface area contributed by atoms with Crippen LogP contribution in [0.2, 0.25) is 0 Å².